The minimum Gasteiger partial charge on any atom is -0.508 e. The molecule has 2 aromatic carbocycles. The molecule has 0 saturated carbocycles. The molecule has 0 aliphatic rings. The van der Waals surface area contributed by atoms with Gasteiger partial charge in [0.15, 0.2) is 0 Å². The number of ether oxygens (including phenoxy) is 1. The maximum atomic E-state index is 9.98. The first-order valence-electron chi connectivity index (χ1n) is 8.26. The molecule has 2 rings (SSSR count). The van der Waals surface area contributed by atoms with Crippen LogP contribution in [0.5, 0.6) is 11.5 Å². The largest absolute Gasteiger partial charge is 0.508 e. The number of amidine groups is 1. The zero-order chi connectivity index (χ0) is 18.6. The molecule has 25 heavy (non-hydrogen) atoms. The van der Waals surface area contributed by atoms with Crippen LogP contribution in [0.4, 0.5) is 0 Å². The third-order valence-corrected chi connectivity index (χ3v) is 4.38. The van der Waals surface area contributed by atoms with E-state index in [-0.39, 0.29) is 5.75 Å². The van der Waals surface area contributed by atoms with Gasteiger partial charge in [-0.2, -0.15) is 0 Å². The number of nitrogens with one attached hydrogen (secondary N) is 1. The molecule has 0 radical (unpaired) electrons. The topological polar surface area (TPSA) is 56.5 Å². The van der Waals surface area contributed by atoms with Crippen LogP contribution in [0.15, 0.2) is 53.7 Å². The van der Waals surface area contributed by atoms with Crippen molar-refractivity contribution in [3.8, 4) is 11.5 Å². The SMILES string of the molecule is COc1ccc(CN(C(=N)c2ccc(C)c(O)c2)C(C)=C(C)C)cc1. The summed E-state index contributed by atoms with van der Waals surface area (Å²) < 4.78 is 5.21. The Morgan fingerprint density at radius 1 is 1.08 bits per heavy atom. The van der Waals surface area contributed by atoms with Crippen molar-refractivity contribution < 1.29 is 9.84 Å². The molecule has 0 saturated heterocycles. The van der Waals surface area contributed by atoms with Crippen molar-refractivity contribution in [2.24, 2.45) is 0 Å². The Hall–Kier alpha value is -2.75. The number of phenols is 1. The summed E-state index contributed by atoms with van der Waals surface area (Å²) in [6, 6.07) is 13.2. The molecule has 0 aliphatic heterocycles. The fraction of sp³-hybridized carbons (Fsp3) is 0.286. The summed E-state index contributed by atoms with van der Waals surface area (Å²) in [5, 5.41) is 18.6. The van der Waals surface area contributed by atoms with Gasteiger partial charge in [0.05, 0.1) is 7.11 Å². The number of allylic oxidation sites excluding steroid dienone is 2. The Morgan fingerprint density at radius 3 is 2.24 bits per heavy atom. The predicted molar refractivity (Wildman–Crippen MR) is 102 cm³/mol. The van der Waals surface area contributed by atoms with Crippen molar-refractivity contribution in [1.82, 2.24) is 4.90 Å². The van der Waals surface area contributed by atoms with Gasteiger partial charge in [0.2, 0.25) is 0 Å². The van der Waals surface area contributed by atoms with Gasteiger partial charge in [-0.1, -0.05) is 29.8 Å². The second kappa shape index (κ2) is 7.88. The van der Waals surface area contributed by atoms with Gasteiger partial charge in [0.25, 0.3) is 0 Å². The second-order valence-corrected chi connectivity index (χ2v) is 6.37. The van der Waals surface area contributed by atoms with Gasteiger partial charge < -0.3 is 14.7 Å². The van der Waals surface area contributed by atoms with Crippen molar-refractivity contribution >= 4 is 5.84 Å². The number of nitrogens with zero attached hydrogens (tertiary/aromatic N) is 1. The van der Waals surface area contributed by atoms with E-state index < -0.39 is 0 Å². The van der Waals surface area contributed by atoms with Crippen molar-refractivity contribution in [1.29, 1.82) is 5.41 Å². The molecule has 0 unspecified atom stereocenters. The molecule has 0 heterocycles. The van der Waals surface area contributed by atoms with Gasteiger partial charge in [-0.3, -0.25) is 5.41 Å². The van der Waals surface area contributed by atoms with E-state index in [0.717, 1.165) is 28.1 Å². The molecule has 0 aromatic heterocycles. The van der Waals surface area contributed by atoms with Crippen LogP contribution in [0.2, 0.25) is 0 Å². The molecule has 0 spiro atoms. The normalized spacial score (nSPS) is 10.3. The van der Waals surface area contributed by atoms with Crippen LogP contribution < -0.4 is 4.74 Å². The quantitative estimate of drug-likeness (QED) is 0.605. The second-order valence-electron chi connectivity index (χ2n) is 6.37. The van der Waals surface area contributed by atoms with E-state index in [4.69, 9.17) is 10.1 Å². The molecular weight excluding hydrogens is 312 g/mol. The van der Waals surface area contributed by atoms with Gasteiger partial charge in [0.1, 0.15) is 17.3 Å². The molecule has 0 amide bonds. The van der Waals surface area contributed by atoms with E-state index in [1.54, 1.807) is 13.2 Å². The van der Waals surface area contributed by atoms with Gasteiger partial charge in [-0.15, -0.1) is 0 Å². The van der Waals surface area contributed by atoms with Crippen LogP contribution in [0.3, 0.4) is 0 Å². The summed E-state index contributed by atoms with van der Waals surface area (Å²) in [5.74, 6) is 1.39. The number of hydrogen-bond acceptors (Lipinski definition) is 3. The maximum absolute atomic E-state index is 9.98. The van der Waals surface area contributed by atoms with E-state index in [9.17, 15) is 5.11 Å². The highest BCUT2D eigenvalue weighted by Crippen LogP contribution is 2.23. The summed E-state index contributed by atoms with van der Waals surface area (Å²) in [5.41, 5.74) is 4.76. The Balaban J connectivity index is 2.36. The number of rotatable bonds is 5. The monoisotopic (exact) mass is 338 g/mol. The van der Waals surface area contributed by atoms with E-state index in [0.29, 0.717) is 17.9 Å². The molecule has 0 bridgehead atoms. The molecule has 4 heteroatoms. The van der Waals surface area contributed by atoms with E-state index in [1.165, 1.54) is 0 Å². The molecular formula is C21H26N2O2. The van der Waals surface area contributed by atoms with Crippen LogP contribution in [0.25, 0.3) is 0 Å². The Bertz CT molecular complexity index is 788. The lowest BCUT2D eigenvalue weighted by molar-refractivity contribution is 0.414. The molecule has 132 valence electrons. The van der Waals surface area contributed by atoms with Gasteiger partial charge in [-0.05, 0) is 57.0 Å². The van der Waals surface area contributed by atoms with Crippen molar-refractivity contribution in [3.63, 3.8) is 0 Å². The van der Waals surface area contributed by atoms with Gasteiger partial charge >= 0.3 is 0 Å². The zero-order valence-corrected chi connectivity index (χ0v) is 15.6. The number of hydrogen-bond donors (Lipinski definition) is 2. The van der Waals surface area contributed by atoms with E-state index in [2.05, 4.69) is 0 Å². The molecule has 4 nitrogen and oxygen atoms in total. The third-order valence-electron chi connectivity index (χ3n) is 4.38. The van der Waals surface area contributed by atoms with Crippen molar-refractivity contribution in [2.45, 2.75) is 34.2 Å². The van der Waals surface area contributed by atoms with Gasteiger partial charge in [0, 0.05) is 17.8 Å². The molecule has 2 aromatic rings. The summed E-state index contributed by atoms with van der Waals surface area (Å²) in [6.07, 6.45) is 0. The Morgan fingerprint density at radius 2 is 1.72 bits per heavy atom. The fourth-order valence-corrected chi connectivity index (χ4v) is 2.46. The van der Waals surface area contributed by atoms with Gasteiger partial charge in [-0.25, -0.2) is 0 Å². The third kappa shape index (κ3) is 4.41. The lowest BCUT2D eigenvalue weighted by Gasteiger charge is -2.28. The van der Waals surface area contributed by atoms with Crippen LogP contribution >= 0.6 is 0 Å². The summed E-state index contributed by atoms with van der Waals surface area (Å²) in [7, 11) is 1.65. The average Bonchev–Trinajstić information content (AvgIpc) is 2.61. The minimum atomic E-state index is 0.210. The van der Waals surface area contributed by atoms with Crippen molar-refractivity contribution in [2.75, 3.05) is 7.11 Å². The summed E-state index contributed by atoms with van der Waals surface area (Å²) in [4.78, 5) is 1.96. The first-order valence-corrected chi connectivity index (χ1v) is 8.26. The van der Waals surface area contributed by atoms with Crippen LogP contribution in [-0.4, -0.2) is 23.0 Å². The summed E-state index contributed by atoms with van der Waals surface area (Å²) in [6.45, 7) is 8.52. The van der Waals surface area contributed by atoms with Crippen LogP contribution in [-0.2, 0) is 6.54 Å². The lowest BCUT2D eigenvalue weighted by atomic mass is 10.1. The van der Waals surface area contributed by atoms with Crippen LogP contribution in [0, 0.1) is 12.3 Å². The van der Waals surface area contributed by atoms with Crippen molar-refractivity contribution in [3.05, 3.63) is 70.4 Å². The van der Waals surface area contributed by atoms with E-state index >= 15 is 0 Å². The number of methoxy groups -OCH3 is 1. The number of aromatic hydroxyl groups is 1. The standard InChI is InChI=1S/C21H26N2O2/c1-14(2)16(4)23(13-17-7-10-19(25-5)11-8-17)21(22)18-9-6-15(3)20(24)12-18/h6-12,22,24H,13H2,1-5H3. The highest BCUT2D eigenvalue weighted by Gasteiger charge is 2.16. The average molecular weight is 338 g/mol. The Kier molecular flexibility index (Phi) is 5.86. The van der Waals surface area contributed by atoms with E-state index in [1.807, 2.05) is 69.0 Å². The fourth-order valence-electron chi connectivity index (χ4n) is 2.46. The Labute approximate surface area is 149 Å². The highest BCUT2D eigenvalue weighted by atomic mass is 16.5. The smallest absolute Gasteiger partial charge is 0.132 e. The predicted octanol–water partition coefficient (Wildman–Crippen LogP) is 4.85. The number of benzene rings is 2. The first-order chi connectivity index (χ1) is 11.8. The molecule has 0 atom stereocenters. The minimum absolute atomic E-state index is 0.210. The number of phenolic OH excluding ortho intramolecular Hbond substituents is 1. The molecule has 0 aliphatic carbocycles. The lowest BCUT2D eigenvalue weighted by Crippen LogP contribution is -2.29. The molecule has 0 fully saturated rings. The number of aryl methyl sites for hydroxylation is 1. The van der Waals surface area contributed by atoms with Crippen LogP contribution in [0.1, 0.15) is 37.5 Å². The zero-order valence-electron chi connectivity index (χ0n) is 15.6. The first kappa shape index (κ1) is 18.6. The highest BCUT2D eigenvalue weighted by molar-refractivity contribution is 5.97. The summed E-state index contributed by atoms with van der Waals surface area (Å²) >= 11 is 0. The molecule has 2 N–H and O–H groups in total. The maximum Gasteiger partial charge on any atom is 0.132 e.